The molecule has 3 aromatic carbocycles. The molecule has 0 aliphatic heterocycles. The molecule has 0 unspecified atom stereocenters. The van der Waals surface area contributed by atoms with Crippen molar-refractivity contribution in [2.75, 3.05) is 19.0 Å². The fourth-order valence-corrected chi connectivity index (χ4v) is 2.84. The van der Waals surface area contributed by atoms with Crippen molar-refractivity contribution in [2.45, 2.75) is 0 Å². The third kappa shape index (κ3) is 4.87. The van der Waals surface area contributed by atoms with E-state index in [1.165, 1.54) is 31.4 Å². The van der Waals surface area contributed by atoms with Crippen molar-refractivity contribution >= 4 is 11.6 Å². The van der Waals surface area contributed by atoms with Crippen LogP contribution < -0.4 is 14.8 Å². The fourth-order valence-electron chi connectivity index (χ4n) is 2.84. The van der Waals surface area contributed by atoms with Crippen LogP contribution in [0.1, 0.15) is 0 Å². The Labute approximate surface area is 177 Å². The van der Waals surface area contributed by atoms with Crippen LogP contribution in [0.2, 0.25) is 0 Å². The first-order valence-electron chi connectivity index (χ1n) is 9.38. The van der Waals surface area contributed by atoms with Gasteiger partial charge in [0.15, 0.2) is 18.1 Å². The summed E-state index contributed by atoms with van der Waals surface area (Å²) in [4.78, 5) is 16.5. The fraction of sp³-hybridized carbons (Fsp3) is 0.0870. The maximum atomic E-state index is 13.0. The summed E-state index contributed by atoms with van der Waals surface area (Å²) in [5.74, 6) is 0.843. The highest BCUT2D eigenvalue weighted by atomic mass is 19.1. The summed E-state index contributed by atoms with van der Waals surface area (Å²) in [5.41, 5.74) is 1.97. The lowest BCUT2D eigenvalue weighted by Crippen LogP contribution is -2.20. The van der Waals surface area contributed by atoms with E-state index < -0.39 is 0 Å². The van der Waals surface area contributed by atoms with Gasteiger partial charge in [0.1, 0.15) is 5.82 Å². The average molecular weight is 419 g/mol. The molecule has 0 aliphatic carbocycles. The highest BCUT2D eigenvalue weighted by Gasteiger charge is 2.14. The van der Waals surface area contributed by atoms with E-state index in [0.29, 0.717) is 34.5 Å². The molecule has 4 aromatic rings. The molecule has 1 N–H and O–H groups in total. The number of rotatable bonds is 7. The number of benzene rings is 3. The van der Waals surface area contributed by atoms with E-state index in [2.05, 4.69) is 15.5 Å². The number of hydrogen-bond acceptors (Lipinski definition) is 6. The van der Waals surface area contributed by atoms with Crippen LogP contribution in [0.3, 0.4) is 0 Å². The van der Waals surface area contributed by atoms with Crippen LogP contribution in [-0.4, -0.2) is 29.8 Å². The minimum atomic E-state index is -0.386. The molecule has 1 heterocycles. The first kappa shape index (κ1) is 20.1. The molecule has 7 nitrogen and oxygen atoms in total. The number of methoxy groups -OCH3 is 1. The Morgan fingerprint density at radius 3 is 2.52 bits per heavy atom. The van der Waals surface area contributed by atoms with Crippen LogP contribution in [-0.2, 0) is 4.79 Å². The van der Waals surface area contributed by atoms with Crippen molar-refractivity contribution in [3.63, 3.8) is 0 Å². The van der Waals surface area contributed by atoms with Gasteiger partial charge in [0.05, 0.1) is 7.11 Å². The number of carbonyl (C=O) groups excluding carboxylic acids is 1. The first-order chi connectivity index (χ1) is 15.1. The zero-order chi connectivity index (χ0) is 21.6. The molecule has 0 saturated carbocycles. The molecule has 0 bridgehead atoms. The van der Waals surface area contributed by atoms with E-state index in [1.807, 2.05) is 30.3 Å². The van der Waals surface area contributed by atoms with Gasteiger partial charge < -0.3 is 19.3 Å². The van der Waals surface area contributed by atoms with E-state index in [4.69, 9.17) is 14.0 Å². The topological polar surface area (TPSA) is 86.5 Å². The lowest BCUT2D eigenvalue weighted by Gasteiger charge is -2.11. The van der Waals surface area contributed by atoms with Crippen LogP contribution in [0.25, 0.3) is 22.8 Å². The number of halogens is 1. The Morgan fingerprint density at radius 1 is 1.00 bits per heavy atom. The summed E-state index contributed by atoms with van der Waals surface area (Å²) in [6.07, 6.45) is 0. The van der Waals surface area contributed by atoms with E-state index >= 15 is 0 Å². The van der Waals surface area contributed by atoms with Gasteiger partial charge in [-0.15, -0.1) is 0 Å². The Morgan fingerprint density at radius 2 is 1.77 bits per heavy atom. The molecule has 0 fully saturated rings. The number of ether oxygens (including phenoxy) is 2. The third-order valence-corrected chi connectivity index (χ3v) is 4.36. The third-order valence-electron chi connectivity index (χ3n) is 4.36. The molecular weight excluding hydrogens is 401 g/mol. The van der Waals surface area contributed by atoms with Gasteiger partial charge in [-0.2, -0.15) is 4.98 Å². The maximum absolute atomic E-state index is 13.0. The molecule has 1 aromatic heterocycles. The summed E-state index contributed by atoms with van der Waals surface area (Å²) in [7, 11) is 1.50. The smallest absolute Gasteiger partial charge is 0.262 e. The molecule has 31 heavy (non-hydrogen) atoms. The van der Waals surface area contributed by atoms with Crippen LogP contribution in [0.5, 0.6) is 11.5 Å². The zero-order valence-corrected chi connectivity index (χ0v) is 16.5. The van der Waals surface area contributed by atoms with Crippen LogP contribution in [0.4, 0.5) is 10.1 Å². The van der Waals surface area contributed by atoms with E-state index in [1.54, 1.807) is 18.2 Å². The summed E-state index contributed by atoms with van der Waals surface area (Å²) in [5, 5.41) is 6.65. The van der Waals surface area contributed by atoms with Gasteiger partial charge in [0.2, 0.25) is 5.82 Å². The van der Waals surface area contributed by atoms with Crippen molar-refractivity contribution in [1.29, 1.82) is 0 Å². The minimum Gasteiger partial charge on any atom is -0.493 e. The molecule has 0 saturated heterocycles. The first-order valence-corrected chi connectivity index (χ1v) is 9.38. The quantitative estimate of drug-likeness (QED) is 0.472. The molecule has 0 spiro atoms. The summed E-state index contributed by atoms with van der Waals surface area (Å²) < 4.78 is 29.3. The Kier molecular flexibility index (Phi) is 5.89. The van der Waals surface area contributed by atoms with E-state index in [0.717, 1.165) is 5.56 Å². The second kappa shape index (κ2) is 9.08. The van der Waals surface area contributed by atoms with Gasteiger partial charge in [-0.3, -0.25) is 4.79 Å². The molecule has 0 aliphatic rings. The number of amides is 1. The second-order valence-corrected chi connectivity index (χ2v) is 6.50. The predicted octanol–water partition coefficient (Wildman–Crippen LogP) is 4.57. The second-order valence-electron chi connectivity index (χ2n) is 6.50. The number of hydrogen-bond donors (Lipinski definition) is 1. The predicted molar refractivity (Wildman–Crippen MR) is 112 cm³/mol. The normalized spacial score (nSPS) is 10.5. The SMILES string of the molecule is COc1cc(-c2noc(-c3ccccc3)n2)ccc1OCC(=O)Nc1ccc(F)cc1. The van der Waals surface area contributed by atoms with Gasteiger partial charge >= 0.3 is 0 Å². The number of nitrogens with zero attached hydrogens (tertiary/aromatic N) is 2. The monoisotopic (exact) mass is 419 g/mol. The number of nitrogens with one attached hydrogen (secondary N) is 1. The van der Waals surface area contributed by atoms with E-state index in [9.17, 15) is 9.18 Å². The Hall–Kier alpha value is -4.20. The molecule has 4 rings (SSSR count). The molecular formula is C23H18FN3O4. The lowest BCUT2D eigenvalue weighted by atomic mass is 10.2. The zero-order valence-electron chi connectivity index (χ0n) is 16.5. The highest BCUT2D eigenvalue weighted by molar-refractivity contribution is 5.91. The van der Waals surface area contributed by atoms with Crippen molar-refractivity contribution in [3.8, 4) is 34.3 Å². The Balaban J connectivity index is 1.44. The summed E-state index contributed by atoms with van der Waals surface area (Å²) >= 11 is 0. The van der Waals surface area contributed by atoms with Gasteiger partial charge in [-0.05, 0) is 54.6 Å². The van der Waals surface area contributed by atoms with Crippen LogP contribution >= 0.6 is 0 Å². The molecule has 0 radical (unpaired) electrons. The average Bonchev–Trinajstić information content (AvgIpc) is 3.30. The molecule has 156 valence electrons. The maximum Gasteiger partial charge on any atom is 0.262 e. The van der Waals surface area contributed by atoms with Crippen LogP contribution in [0.15, 0.2) is 77.3 Å². The van der Waals surface area contributed by atoms with Gasteiger partial charge in [-0.1, -0.05) is 23.4 Å². The summed E-state index contributed by atoms with van der Waals surface area (Å²) in [6, 6.07) is 20.0. The van der Waals surface area contributed by atoms with Gasteiger partial charge in [0.25, 0.3) is 11.8 Å². The summed E-state index contributed by atoms with van der Waals surface area (Å²) in [6.45, 7) is -0.243. The van der Waals surface area contributed by atoms with Crippen molar-refractivity contribution in [1.82, 2.24) is 10.1 Å². The number of anilines is 1. The van der Waals surface area contributed by atoms with E-state index in [-0.39, 0.29) is 18.3 Å². The van der Waals surface area contributed by atoms with Crippen LogP contribution in [0, 0.1) is 5.82 Å². The van der Waals surface area contributed by atoms with Crippen molar-refractivity contribution in [3.05, 3.63) is 78.6 Å². The van der Waals surface area contributed by atoms with Gasteiger partial charge in [0, 0.05) is 16.8 Å². The Bertz CT molecular complexity index is 1180. The number of aromatic nitrogens is 2. The minimum absolute atomic E-state index is 0.243. The molecule has 1 amide bonds. The molecule has 8 heteroatoms. The molecule has 0 atom stereocenters. The van der Waals surface area contributed by atoms with Crippen molar-refractivity contribution < 1.29 is 23.2 Å². The number of carbonyl (C=O) groups is 1. The highest BCUT2D eigenvalue weighted by Crippen LogP contribution is 2.32. The largest absolute Gasteiger partial charge is 0.493 e. The van der Waals surface area contributed by atoms with Crippen molar-refractivity contribution in [2.24, 2.45) is 0 Å². The standard InChI is InChI=1S/C23H18FN3O4/c1-29-20-13-16(22-26-23(31-27-22)15-5-3-2-4-6-15)7-12-19(20)30-14-21(28)25-18-10-8-17(24)9-11-18/h2-13H,14H2,1H3,(H,25,28). The van der Waals surface area contributed by atoms with Gasteiger partial charge in [-0.25, -0.2) is 4.39 Å². The lowest BCUT2D eigenvalue weighted by molar-refractivity contribution is -0.118.